The molecule has 4 rings (SSSR count). The smallest absolute Gasteiger partial charge is 0.340 e. The maximum atomic E-state index is 12.8. The first-order chi connectivity index (χ1) is 14.7. The highest BCUT2D eigenvalue weighted by Crippen LogP contribution is 2.44. The van der Waals surface area contributed by atoms with Gasteiger partial charge in [-0.2, -0.15) is 0 Å². The molecular formula is C27H30N2O2. The van der Waals surface area contributed by atoms with Crippen LogP contribution in [0.2, 0.25) is 0 Å². The molecule has 1 fully saturated rings. The number of aromatic nitrogens is 1. The summed E-state index contributed by atoms with van der Waals surface area (Å²) in [6.07, 6.45) is 4.36. The second-order valence-electron chi connectivity index (χ2n) is 9.43. The normalized spacial score (nSPS) is 13.7. The van der Waals surface area contributed by atoms with Crippen LogP contribution in [-0.2, 0) is 4.74 Å². The molecule has 0 unspecified atom stereocenters. The summed E-state index contributed by atoms with van der Waals surface area (Å²) in [5.74, 6) is 0.331. The van der Waals surface area contributed by atoms with E-state index in [4.69, 9.17) is 9.72 Å². The van der Waals surface area contributed by atoms with Crippen LogP contribution in [0.25, 0.3) is 11.3 Å². The fourth-order valence-corrected chi connectivity index (χ4v) is 3.81. The topological polar surface area (TPSA) is 51.2 Å². The number of rotatable bonds is 5. The molecule has 0 amide bonds. The van der Waals surface area contributed by atoms with E-state index in [1.807, 2.05) is 52.1 Å². The van der Waals surface area contributed by atoms with Crippen LogP contribution in [0.15, 0.2) is 54.7 Å². The molecule has 0 radical (unpaired) electrons. The second kappa shape index (κ2) is 8.18. The summed E-state index contributed by atoms with van der Waals surface area (Å²) in [6.45, 7) is 9.68. The van der Waals surface area contributed by atoms with Gasteiger partial charge >= 0.3 is 5.97 Å². The number of carbonyl (C=O) groups is 1. The van der Waals surface area contributed by atoms with Gasteiger partial charge in [-0.25, -0.2) is 4.79 Å². The number of nitrogens with one attached hydrogen (secondary N) is 1. The van der Waals surface area contributed by atoms with Crippen LogP contribution >= 0.6 is 0 Å². The lowest BCUT2D eigenvalue weighted by atomic mass is 9.97. The van der Waals surface area contributed by atoms with Crippen molar-refractivity contribution < 1.29 is 9.53 Å². The lowest BCUT2D eigenvalue weighted by Gasteiger charge is -2.21. The maximum Gasteiger partial charge on any atom is 0.340 e. The summed E-state index contributed by atoms with van der Waals surface area (Å²) >= 11 is 0. The number of ether oxygens (including phenoxy) is 1. The molecule has 2 aromatic carbocycles. The molecule has 1 aliphatic carbocycles. The van der Waals surface area contributed by atoms with E-state index in [1.165, 1.54) is 24.0 Å². The Balaban J connectivity index is 1.63. The fourth-order valence-electron chi connectivity index (χ4n) is 3.81. The highest BCUT2D eigenvalue weighted by Gasteiger charge is 2.27. The molecular weight excluding hydrogens is 384 g/mol. The molecule has 0 spiro atoms. The number of aryl methyl sites for hydroxylation is 2. The van der Waals surface area contributed by atoms with E-state index in [0.29, 0.717) is 17.2 Å². The monoisotopic (exact) mass is 414 g/mol. The van der Waals surface area contributed by atoms with Gasteiger partial charge in [-0.1, -0.05) is 35.9 Å². The molecule has 0 saturated heterocycles. The van der Waals surface area contributed by atoms with Crippen molar-refractivity contribution in [1.29, 1.82) is 0 Å². The standard InChI is InChI=1S/C27H30N2O2/c1-17-10-13-24(23(14-17)26(30)31-27(3,4)5)29-20-15-18(2)25(28-16-20)22-9-7-6-8-21(22)19-11-12-19/h6-10,13-16,19,29H,11-12H2,1-5H3. The van der Waals surface area contributed by atoms with Gasteiger partial charge in [0.15, 0.2) is 0 Å². The Morgan fingerprint density at radius 3 is 2.48 bits per heavy atom. The van der Waals surface area contributed by atoms with E-state index in [0.717, 1.165) is 22.5 Å². The first kappa shape index (κ1) is 21.1. The van der Waals surface area contributed by atoms with Crippen LogP contribution in [0.4, 0.5) is 11.4 Å². The molecule has 4 nitrogen and oxygen atoms in total. The first-order valence-electron chi connectivity index (χ1n) is 10.9. The number of hydrogen-bond donors (Lipinski definition) is 1. The quantitative estimate of drug-likeness (QED) is 0.459. The zero-order valence-corrected chi connectivity index (χ0v) is 19.0. The minimum absolute atomic E-state index is 0.335. The van der Waals surface area contributed by atoms with E-state index < -0.39 is 5.60 Å². The zero-order chi connectivity index (χ0) is 22.2. The average Bonchev–Trinajstić information content (AvgIpc) is 3.53. The van der Waals surface area contributed by atoms with Crippen LogP contribution in [-0.4, -0.2) is 16.6 Å². The third kappa shape index (κ3) is 4.96. The second-order valence-corrected chi connectivity index (χ2v) is 9.43. The number of hydrogen-bond acceptors (Lipinski definition) is 4. The Morgan fingerprint density at radius 2 is 1.81 bits per heavy atom. The van der Waals surface area contributed by atoms with Crippen molar-refractivity contribution in [3.8, 4) is 11.3 Å². The first-order valence-corrected chi connectivity index (χ1v) is 10.9. The van der Waals surface area contributed by atoms with Crippen molar-refractivity contribution in [1.82, 2.24) is 4.98 Å². The van der Waals surface area contributed by atoms with Crippen molar-refractivity contribution in [2.24, 2.45) is 0 Å². The largest absolute Gasteiger partial charge is 0.456 e. The molecule has 1 heterocycles. The predicted molar refractivity (Wildman–Crippen MR) is 126 cm³/mol. The Hall–Kier alpha value is -3.14. The van der Waals surface area contributed by atoms with Gasteiger partial charge in [0.1, 0.15) is 5.60 Å². The molecule has 0 aliphatic heterocycles. The molecule has 1 aromatic heterocycles. The summed E-state index contributed by atoms with van der Waals surface area (Å²) in [6, 6.07) is 16.4. The van der Waals surface area contributed by atoms with Gasteiger partial charge in [0.25, 0.3) is 0 Å². The Bertz CT molecular complexity index is 1120. The van der Waals surface area contributed by atoms with E-state index in [-0.39, 0.29) is 5.97 Å². The Kier molecular flexibility index (Phi) is 5.57. The number of esters is 1. The van der Waals surface area contributed by atoms with Gasteiger partial charge in [-0.3, -0.25) is 4.98 Å². The molecule has 3 aromatic rings. The third-order valence-corrected chi connectivity index (χ3v) is 5.38. The van der Waals surface area contributed by atoms with Gasteiger partial charge in [0.2, 0.25) is 0 Å². The summed E-state index contributed by atoms with van der Waals surface area (Å²) in [4.78, 5) is 17.5. The lowest BCUT2D eigenvalue weighted by Crippen LogP contribution is -2.24. The zero-order valence-electron chi connectivity index (χ0n) is 19.0. The van der Waals surface area contributed by atoms with E-state index in [9.17, 15) is 4.79 Å². The molecule has 160 valence electrons. The van der Waals surface area contributed by atoms with Crippen molar-refractivity contribution in [2.45, 2.75) is 59.0 Å². The predicted octanol–water partition coefficient (Wildman–Crippen LogP) is 6.94. The van der Waals surface area contributed by atoms with Crippen LogP contribution in [0.5, 0.6) is 0 Å². The molecule has 0 bridgehead atoms. The molecule has 4 heteroatoms. The van der Waals surface area contributed by atoms with E-state index in [2.05, 4.69) is 42.6 Å². The van der Waals surface area contributed by atoms with Crippen LogP contribution in [0, 0.1) is 13.8 Å². The van der Waals surface area contributed by atoms with Gasteiger partial charge < -0.3 is 10.1 Å². The molecule has 31 heavy (non-hydrogen) atoms. The number of pyridine rings is 1. The fraction of sp³-hybridized carbons (Fsp3) is 0.333. The summed E-state index contributed by atoms with van der Waals surface area (Å²) < 4.78 is 5.60. The van der Waals surface area contributed by atoms with Crippen molar-refractivity contribution in [2.75, 3.05) is 5.32 Å². The third-order valence-electron chi connectivity index (χ3n) is 5.38. The molecule has 1 aliphatic rings. The molecule has 1 N–H and O–H groups in total. The minimum atomic E-state index is -0.549. The van der Waals surface area contributed by atoms with Gasteiger partial charge in [-0.15, -0.1) is 0 Å². The highest BCUT2D eigenvalue weighted by atomic mass is 16.6. The summed E-state index contributed by atoms with van der Waals surface area (Å²) in [5.41, 5.74) is 7.28. The minimum Gasteiger partial charge on any atom is -0.456 e. The van der Waals surface area contributed by atoms with Crippen molar-refractivity contribution in [3.63, 3.8) is 0 Å². The molecule has 1 saturated carbocycles. The van der Waals surface area contributed by atoms with E-state index >= 15 is 0 Å². The number of carbonyl (C=O) groups excluding carboxylic acids is 1. The highest BCUT2D eigenvalue weighted by molar-refractivity contribution is 5.97. The Labute approximate surface area is 184 Å². The Morgan fingerprint density at radius 1 is 1.06 bits per heavy atom. The van der Waals surface area contributed by atoms with Gasteiger partial charge in [0.05, 0.1) is 28.8 Å². The lowest BCUT2D eigenvalue weighted by molar-refractivity contribution is 0.00706. The summed E-state index contributed by atoms with van der Waals surface area (Å²) in [7, 11) is 0. The van der Waals surface area contributed by atoms with Crippen LogP contribution in [0.3, 0.4) is 0 Å². The van der Waals surface area contributed by atoms with Crippen molar-refractivity contribution >= 4 is 17.3 Å². The number of benzene rings is 2. The molecule has 0 atom stereocenters. The van der Waals surface area contributed by atoms with Gasteiger partial charge in [-0.05, 0) is 82.7 Å². The summed E-state index contributed by atoms with van der Waals surface area (Å²) in [5, 5.41) is 3.37. The van der Waals surface area contributed by atoms with Crippen molar-refractivity contribution in [3.05, 3.63) is 77.0 Å². The van der Waals surface area contributed by atoms with Crippen LogP contribution in [0.1, 0.15) is 66.6 Å². The number of anilines is 2. The van der Waals surface area contributed by atoms with E-state index in [1.54, 1.807) is 0 Å². The number of nitrogens with zero attached hydrogens (tertiary/aromatic N) is 1. The SMILES string of the molecule is Cc1ccc(Nc2cnc(-c3ccccc3C3CC3)c(C)c2)c(C(=O)OC(C)(C)C)c1. The van der Waals surface area contributed by atoms with Gasteiger partial charge in [0, 0.05) is 5.56 Å². The maximum absolute atomic E-state index is 12.8. The van der Waals surface area contributed by atoms with Crippen LogP contribution < -0.4 is 5.32 Å². The average molecular weight is 415 g/mol.